The maximum Gasteiger partial charge on any atom is 0.228 e. The molecule has 1 saturated carbocycles. The molecule has 24 heavy (non-hydrogen) atoms. The van der Waals surface area contributed by atoms with Gasteiger partial charge >= 0.3 is 0 Å². The summed E-state index contributed by atoms with van der Waals surface area (Å²) in [6, 6.07) is 10.9. The predicted molar refractivity (Wildman–Crippen MR) is 87.0 cm³/mol. The second-order valence-electron chi connectivity index (χ2n) is 5.85. The number of aromatic nitrogens is 4. The number of nitrogens with one attached hydrogen (secondary N) is 1. The Bertz CT molecular complexity index is 996. The average Bonchev–Trinajstić information content (AvgIpc) is 3.36. The topological polar surface area (TPSA) is 96.0 Å². The molecule has 1 aliphatic rings. The molecule has 118 valence electrons. The van der Waals surface area contributed by atoms with Gasteiger partial charge in [-0.3, -0.25) is 4.79 Å². The van der Waals surface area contributed by atoms with Crippen molar-refractivity contribution in [2.45, 2.75) is 19.8 Å². The summed E-state index contributed by atoms with van der Waals surface area (Å²) in [4.78, 5) is 20.9. The normalized spacial score (nSPS) is 13.7. The van der Waals surface area contributed by atoms with Crippen molar-refractivity contribution in [2.24, 2.45) is 5.92 Å². The monoisotopic (exact) mass is 318 g/mol. The van der Waals surface area contributed by atoms with Crippen molar-refractivity contribution in [1.82, 2.24) is 19.6 Å². The lowest BCUT2D eigenvalue weighted by Crippen LogP contribution is -2.15. The third-order valence-electron chi connectivity index (χ3n) is 3.88. The van der Waals surface area contributed by atoms with Crippen LogP contribution in [0.1, 0.15) is 24.2 Å². The van der Waals surface area contributed by atoms with Crippen LogP contribution in [-0.4, -0.2) is 25.5 Å². The van der Waals surface area contributed by atoms with E-state index in [1.165, 1.54) is 0 Å². The van der Waals surface area contributed by atoms with E-state index in [1.807, 2.05) is 6.07 Å². The van der Waals surface area contributed by atoms with Gasteiger partial charge in [0.1, 0.15) is 11.6 Å². The van der Waals surface area contributed by atoms with Gasteiger partial charge in [0.25, 0.3) is 0 Å². The standard InChI is InChI=1S/C17H14N6O/c1-10-19-15-8-14(21-17(24)12-5-6-12)20-16(23(15)22-10)13-4-2-3-11(7-13)9-18/h2-4,7-8,12H,5-6H2,1H3,(H,21,24). The van der Waals surface area contributed by atoms with E-state index in [4.69, 9.17) is 5.26 Å². The Balaban J connectivity index is 1.85. The summed E-state index contributed by atoms with van der Waals surface area (Å²) in [5, 5.41) is 16.3. The van der Waals surface area contributed by atoms with E-state index < -0.39 is 0 Å². The van der Waals surface area contributed by atoms with Crippen molar-refractivity contribution in [1.29, 1.82) is 5.26 Å². The third kappa shape index (κ3) is 2.58. The summed E-state index contributed by atoms with van der Waals surface area (Å²) >= 11 is 0. The summed E-state index contributed by atoms with van der Waals surface area (Å²) in [5.41, 5.74) is 1.88. The van der Waals surface area contributed by atoms with Gasteiger partial charge in [0, 0.05) is 17.5 Å². The number of amides is 1. The summed E-state index contributed by atoms with van der Waals surface area (Å²) in [6.45, 7) is 1.80. The molecule has 0 radical (unpaired) electrons. The molecule has 7 nitrogen and oxygen atoms in total. The Hall–Kier alpha value is -3.27. The summed E-state index contributed by atoms with van der Waals surface area (Å²) < 4.78 is 1.62. The molecule has 0 unspecified atom stereocenters. The van der Waals surface area contributed by atoms with E-state index in [2.05, 4.69) is 26.5 Å². The van der Waals surface area contributed by atoms with Gasteiger partial charge in [0.05, 0.1) is 11.6 Å². The first-order valence-corrected chi connectivity index (χ1v) is 7.70. The number of hydrogen-bond donors (Lipinski definition) is 1. The predicted octanol–water partition coefficient (Wildman–Crippen LogP) is 2.32. The number of carbonyl (C=O) groups excluding carboxylic acids is 1. The van der Waals surface area contributed by atoms with E-state index in [0.29, 0.717) is 28.7 Å². The fraction of sp³-hybridized carbons (Fsp3) is 0.235. The summed E-state index contributed by atoms with van der Waals surface area (Å²) in [5.74, 6) is 1.67. The van der Waals surface area contributed by atoms with Crippen molar-refractivity contribution in [3.05, 3.63) is 41.7 Å². The third-order valence-corrected chi connectivity index (χ3v) is 3.88. The zero-order valence-corrected chi connectivity index (χ0v) is 13.0. The molecule has 1 aromatic carbocycles. The SMILES string of the molecule is Cc1nc2cc(NC(=O)C3CC3)nc(-c3cccc(C#N)c3)n2n1. The zero-order valence-electron chi connectivity index (χ0n) is 13.0. The fourth-order valence-corrected chi connectivity index (χ4v) is 2.55. The number of hydrogen-bond acceptors (Lipinski definition) is 5. The summed E-state index contributed by atoms with van der Waals surface area (Å²) in [7, 11) is 0. The van der Waals surface area contributed by atoms with Gasteiger partial charge in [-0.05, 0) is 31.9 Å². The molecule has 0 bridgehead atoms. The van der Waals surface area contributed by atoms with Gasteiger partial charge in [0.2, 0.25) is 5.91 Å². The molecule has 2 aromatic heterocycles. The van der Waals surface area contributed by atoms with Crippen LogP contribution < -0.4 is 5.32 Å². The Morgan fingerprint density at radius 3 is 2.92 bits per heavy atom. The Morgan fingerprint density at radius 1 is 1.33 bits per heavy atom. The maximum absolute atomic E-state index is 12.0. The Morgan fingerprint density at radius 2 is 2.17 bits per heavy atom. The molecule has 1 N–H and O–H groups in total. The van der Waals surface area contributed by atoms with Crippen LogP contribution >= 0.6 is 0 Å². The lowest BCUT2D eigenvalue weighted by atomic mass is 10.1. The van der Waals surface area contributed by atoms with Crippen LogP contribution in [-0.2, 0) is 4.79 Å². The highest BCUT2D eigenvalue weighted by molar-refractivity contribution is 5.93. The van der Waals surface area contributed by atoms with Crippen LogP contribution in [0, 0.1) is 24.2 Å². The van der Waals surface area contributed by atoms with Gasteiger partial charge in [-0.2, -0.15) is 9.78 Å². The van der Waals surface area contributed by atoms with Crippen molar-refractivity contribution in [3.63, 3.8) is 0 Å². The van der Waals surface area contributed by atoms with Crippen LogP contribution in [0.15, 0.2) is 30.3 Å². The van der Waals surface area contributed by atoms with Crippen LogP contribution in [0.4, 0.5) is 5.82 Å². The zero-order chi connectivity index (χ0) is 16.7. The first kappa shape index (κ1) is 14.3. The average molecular weight is 318 g/mol. The first-order valence-electron chi connectivity index (χ1n) is 7.70. The largest absolute Gasteiger partial charge is 0.310 e. The minimum absolute atomic E-state index is 0.0141. The molecular formula is C17H14N6O. The number of nitrogens with zero attached hydrogens (tertiary/aromatic N) is 5. The van der Waals surface area contributed by atoms with E-state index in [1.54, 1.807) is 35.7 Å². The van der Waals surface area contributed by atoms with Gasteiger partial charge < -0.3 is 5.32 Å². The number of carbonyl (C=O) groups is 1. The maximum atomic E-state index is 12.0. The minimum Gasteiger partial charge on any atom is -0.310 e. The fourth-order valence-electron chi connectivity index (χ4n) is 2.55. The Kier molecular flexibility index (Phi) is 3.24. The molecule has 4 rings (SSSR count). The van der Waals surface area contributed by atoms with Crippen molar-refractivity contribution >= 4 is 17.4 Å². The van der Waals surface area contributed by atoms with Gasteiger partial charge in [-0.25, -0.2) is 9.97 Å². The van der Waals surface area contributed by atoms with E-state index >= 15 is 0 Å². The first-order chi connectivity index (χ1) is 11.6. The number of fused-ring (bicyclic) bond motifs is 1. The van der Waals surface area contributed by atoms with E-state index in [9.17, 15) is 4.79 Å². The van der Waals surface area contributed by atoms with Crippen LogP contribution in [0.5, 0.6) is 0 Å². The number of aryl methyl sites for hydroxylation is 1. The van der Waals surface area contributed by atoms with Gasteiger partial charge in [-0.15, -0.1) is 5.10 Å². The lowest BCUT2D eigenvalue weighted by Gasteiger charge is -2.08. The van der Waals surface area contributed by atoms with Gasteiger partial charge in [0.15, 0.2) is 11.5 Å². The number of rotatable bonds is 3. The minimum atomic E-state index is -0.0141. The molecular weight excluding hydrogens is 304 g/mol. The molecule has 7 heteroatoms. The van der Waals surface area contributed by atoms with Crippen molar-refractivity contribution in [2.75, 3.05) is 5.32 Å². The van der Waals surface area contributed by atoms with Crippen LogP contribution in [0.2, 0.25) is 0 Å². The van der Waals surface area contributed by atoms with Crippen LogP contribution in [0.25, 0.3) is 17.0 Å². The smallest absolute Gasteiger partial charge is 0.228 e. The molecule has 1 aliphatic carbocycles. The summed E-state index contributed by atoms with van der Waals surface area (Å²) in [6.07, 6.45) is 1.85. The lowest BCUT2D eigenvalue weighted by molar-refractivity contribution is -0.117. The molecule has 0 aliphatic heterocycles. The van der Waals surface area contributed by atoms with Crippen molar-refractivity contribution < 1.29 is 4.79 Å². The van der Waals surface area contributed by atoms with Crippen molar-refractivity contribution in [3.8, 4) is 17.5 Å². The highest BCUT2D eigenvalue weighted by Crippen LogP contribution is 2.30. The second kappa shape index (κ2) is 5.42. The molecule has 1 fully saturated rings. The Labute approximate surface area is 138 Å². The van der Waals surface area contributed by atoms with Crippen LogP contribution in [0.3, 0.4) is 0 Å². The van der Waals surface area contributed by atoms with Gasteiger partial charge in [-0.1, -0.05) is 12.1 Å². The molecule has 2 heterocycles. The molecule has 1 amide bonds. The second-order valence-corrected chi connectivity index (χ2v) is 5.85. The number of benzene rings is 1. The quantitative estimate of drug-likeness (QED) is 0.799. The molecule has 0 atom stereocenters. The van der Waals surface area contributed by atoms with E-state index in [-0.39, 0.29) is 11.8 Å². The number of nitriles is 1. The molecule has 0 saturated heterocycles. The molecule has 0 spiro atoms. The van der Waals surface area contributed by atoms with E-state index in [0.717, 1.165) is 18.4 Å². The highest BCUT2D eigenvalue weighted by Gasteiger charge is 2.30. The highest BCUT2D eigenvalue weighted by atomic mass is 16.2. The molecule has 3 aromatic rings. The number of anilines is 1.